The molecule has 0 aromatic heterocycles. The zero-order valence-electron chi connectivity index (χ0n) is 10.0. The molecule has 2 rings (SSSR count). The first kappa shape index (κ1) is 12.3. The van der Waals surface area contributed by atoms with E-state index in [1.54, 1.807) is 19.1 Å². The molecule has 0 bridgehead atoms. The summed E-state index contributed by atoms with van der Waals surface area (Å²) in [5.74, 6) is -0.273. The average Bonchev–Trinajstić information content (AvgIpc) is 2.57. The third-order valence-corrected chi connectivity index (χ3v) is 3.02. The molecule has 1 saturated heterocycles. The van der Waals surface area contributed by atoms with Crippen LogP contribution in [0.2, 0.25) is 0 Å². The van der Waals surface area contributed by atoms with Gasteiger partial charge in [-0.05, 0) is 31.0 Å². The zero-order chi connectivity index (χ0) is 12.3. The van der Waals surface area contributed by atoms with Crippen LogP contribution >= 0.6 is 0 Å². The van der Waals surface area contributed by atoms with E-state index in [2.05, 4.69) is 0 Å². The molecule has 3 nitrogen and oxygen atoms in total. The topological polar surface area (TPSA) is 32.7 Å². The van der Waals surface area contributed by atoms with Gasteiger partial charge < -0.3 is 14.7 Å². The predicted octanol–water partition coefficient (Wildman–Crippen LogP) is 2.11. The summed E-state index contributed by atoms with van der Waals surface area (Å²) in [5.41, 5.74) is 1.21. The minimum absolute atomic E-state index is 0.273. The van der Waals surface area contributed by atoms with Crippen molar-refractivity contribution >= 4 is 5.69 Å². The molecule has 1 aromatic rings. The quantitative estimate of drug-likeness (QED) is 0.858. The number of aliphatic hydroxyl groups excluding tert-OH is 1. The number of nitrogens with zero attached hydrogens (tertiary/aromatic N) is 1. The van der Waals surface area contributed by atoms with Crippen molar-refractivity contribution in [2.45, 2.75) is 19.4 Å². The maximum absolute atomic E-state index is 13.9. The molecular formula is C13H18FNO2. The van der Waals surface area contributed by atoms with Gasteiger partial charge >= 0.3 is 0 Å². The van der Waals surface area contributed by atoms with Crippen LogP contribution in [0.15, 0.2) is 18.2 Å². The molecule has 0 saturated carbocycles. The highest BCUT2D eigenvalue weighted by Gasteiger charge is 2.15. The van der Waals surface area contributed by atoms with E-state index in [9.17, 15) is 9.50 Å². The Labute approximate surface area is 101 Å². The van der Waals surface area contributed by atoms with Crippen LogP contribution in [-0.2, 0) is 4.74 Å². The van der Waals surface area contributed by atoms with Crippen LogP contribution < -0.4 is 4.90 Å². The number of anilines is 1. The van der Waals surface area contributed by atoms with Crippen molar-refractivity contribution in [3.05, 3.63) is 29.6 Å². The third-order valence-electron chi connectivity index (χ3n) is 3.02. The second-order valence-electron chi connectivity index (χ2n) is 4.34. The summed E-state index contributed by atoms with van der Waals surface area (Å²) in [6, 6.07) is 4.92. The zero-order valence-corrected chi connectivity index (χ0v) is 10.0. The van der Waals surface area contributed by atoms with E-state index in [0.29, 0.717) is 24.4 Å². The number of benzene rings is 1. The number of aliphatic hydroxyl groups is 1. The van der Waals surface area contributed by atoms with E-state index in [4.69, 9.17) is 4.74 Å². The van der Waals surface area contributed by atoms with Crippen LogP contribution in [0.25, 0.3) is 0 Å². The fourth-order valence-corrected chi connectivity index (χ4v) is 2.03. The number of halogens is 1. The first-order valence-electron chi connectivity index (χ1n) is 5.98. The van der Waals surface area contributed by atoms with Gasteiger partial charge in [0.05, 0.1) is 18.4 Å². The standard InChI is InChI=1S/C13H18FNO2/c1-10(16)11-3-4-13(12(14)9-11)15-5-2-7-17-8-6-15/h3-4,9-10,16H,2,5-8H2,1H3/t10-/m1/s1. The van der Waals surface area contributed by atoms with Gasteiger partial charge in [-0.3, -0.25) is 0 Å². The van der Waals surface area contributed by atoms with Crippen LogP contribution in [0.5, 0.6) is 0 Å². The predicted molar refractivity (Wildman–Crippen MR) is 64.7 cm³/mol. The Morgan fingerprint density at radius 3 is 2.88 bits per heavy atom. The molecule has 1 heterocycles. The second-order valence-corrected chi connectivity index (χ2v) is 4.34. The van der Waals surface area contributed by atoms with Crippen LogP contribution in [0.4, 0.5) is 10.1 Å². The molecule has 4 heteroatoms. The lowest BCUT2D eigenvalue weighted by Crippen LogP contribution is -2.26. The van der Waals surface area contributed by atoms with Crippen molar-refractivity contribution in [2.24, 2.45) is 0 Å². The molecule has 0 aliphatic carbocycles. The van der Waals surface area contributed by atoms with E-state index in [-0.39, 0.29) is 5.82 Å². The van der Waals surface area contributed by atoms with Gasteiger partial charge in [-0.15, -0.1) is 0 Å². The van der Waals surface area contributed by atoms with Crippen molar-refractivity contribution in [3.8, 4) is 0 Å². The lowest BCUT2D eigenvalue weighted by molar-refractivity contribution is 0.152. The summed E-state index contributed by atoms with van der Waals surface area (Å²) >= 11 is 0. The van der Waals surface area contributed by atoms with Gasteiger partial charge in [-0.1, -0.05) is 6.07 Å². The van der Waals surface area contributed by atoms with Crippen molar-refractivity contribution < 1.29 is 14.2 Å². The van der Waals surface area contributed by atoms with Crippen molar-refractivity contribution in [1.82, 2.24) is 0 Å². The molecule has 1 fully saturated rings. The largest absolute Gasteiger partial charge is 0.389 e. The highest BCUT2D eigenvalue weighted by Crippen LogP contribution is 2.24. The van der Waals surface area contributed by atoms with Gasteiger partial charge in [-0.2, -0.15) is 0 Å². The van der Waals surface area contributed by atoms with E-state index in [1.165, 1.54) is 6.07 Å². The maximum Gasteiger partial charge on any atom is 0.146 e. The molecule has 94 valence electrons. The van der Waals surface area contributed by atoms with Gasteiger partial charge in [0.25, 0.3) is 0 Å². The first-order valence-corrected chi connectivity index (χ1v) is 5.98. The third kappa shape index (κ3) is 2.96. The van der Waals surface area contributed by atoms with Crippen LogP contribution in [0, 0.1) is 5.82 Å². The highest BCUT2D eigenvalue weighted by atomic mass is 19.1. The molecule has 17 heavy (non-hydrogen) atoms. The summed E-state index contributed by atoms with van der Waals surface area (Å²) in [4.78, 5) is 1.99. The normalized spacial score (nSPS) is 18.9. The summed E-state index contributed by atoms with van der Waals surface area (Å²) in [5, 5.41) is 9.39. The summed E-state index contributed by atoms with van der Waals surface area (Å²) in [7, 11) is 0. The van der Waals surface area contributed by atoms with Crippen LogP contribution in [0.1, 0.15) is 25.0 Å². The molecule has 0 unspecified atom stereocenters. The molecule has 1 aliphatic heterocycles. The van der Waals surface area contributed by atoms with Crippen molar-refractivity contribution in [1.29, 1.82) is 0 Å². The monoisotopic (exact) mass is 239 g/mol. The second kappa shape index (κ2) is 5.47. The Morgan fingerprint density at radius 2 is 2.18 bits per heavy atom. The molecular weight excluding hydrogens is 221 g/mol. The lowest BCUT2D eigenvalue weighted by Gasteiger charge is -2.23. The average molecular weight is 239 g/mol. The van der Waals surface area contributed by atoms with Gasteiger partial charge in [0, 0.05) is 19.7 Å². The molecule has 1 aromatic carbocycles. The van der Waals surface area contributed by atoms with Crippen LogP contribution in [-0.4, -0.2) is 31.4 Å². The van der Waals surface area contributed by atoms with Crippen molar-refractivity contribution in [3.63, 3.8) is 0 Å². The maximum atomic E-state index is 13.9. The lowest BCUT2D eigenvalue weighted by atomic mass is 10.1. The Balaban J connectivity index is 2.19. The fraction of sp³-hybridized carbons (Fsp3) is 0.538. The number of rotatable bonds is 2. The highest BCUT2D eigenvalue weighted by molar-refractivity contribution is 5.49. The molecule has 0 radical (unpaired) electrons. The van der Waals surface area contributed by atoms with E-state index in [1.807, 2.05) is 4.90 Å². The minimum Gasteiger partial charge on any atom is -0.389 e. The van der Waals surface area contributed by atoms with Gasteiger partial charge in [0.15, 0.2) is 0 Å². The molecule has 1 N–H and O–H groups in total. The molecule has 1 aliphatic rings. The summed E-state index contributed by atoms with van der Waals surface area (Å²) in [6.07, 6.45) is 0.281. The van der Waals surface area contributed by atoms with Gasteiger partial charge in [0.2, 0.25) is 0 Å². The molecule has 0 amide bonds. The SMILES string of the molecule is C[C@@H](O)c1ccc(N2CCCOCC2)c(F)c1. The minimum atomic E-state index is -0.633. The fourth-order valence-electron chi connectivity index (χ4n) is 2.03. The Kier molecular flexibility index (Phi) is 3.97. The Morgan fingerprint density at radius 1 is 1.35 bits per heavy atom. The number of hydrogen-bond acceptors (Lipinski definition) is 3. The van der Waals surface area contributed by atoms with Gasteiger partial charge in [0.1, 0.15) is 5.82 Å². The van der Waals surface area contributed by atoms with E-state index in [0.717, 1.165) is 19.6 Å². The van der Waals surface area contributed by atoms with E-state index >= 15 is 0 Å². The molecule has 1 atom stereocenters. The smallest absolute Gasteiger partial charge is 0.146 e. The summed E-state index contributed by atoms with van der Waals surface area (Å²) < 4.78 is 19.3. The summed E-state index contributed by atoms with van der Waals surface area (Å²) in [6.45, 7) is 4.53. The van der Waals surface area contributed by atoms with E-state index < -0.39 is 6.10 Å². The Hall–Kier alpha value is -1.13. The Bertz CT molecular complexity index is 374. The van der Waals surface area contributed by atoms with Gasteiger partial charge in [-0.25, -0.2) is 4.39 Å². The number of ether oxygens (including phenoxy) is 1. The number of hydrogen-bond donors (Lipinski definition) is 1. The molecule has 0 spiro atoms. The van der Waals surface area contributed by atoms with Crippen molar-refractivity contribution in [2.75, 3.05) is 31.2 Å². The first-order chi connectivity index (χ1) is 8.18. The van der Waals surface area contributed by atoms with Crippen LogP contribution in [0.3, 0.4) is 0 Å².